The fraction of sp³-hybridized carbons (Fsp3) is 0.226. The summed E-state index contributed by atoms with van der Waals surface area (Å²) in [6, 6.07) is 19.8. The van der Waals surface area contributed by atoms with E-state index < -0.39 is 33.4 Å². The summed E-state index contributed by atoms with van der Waals surface area (Å²) in [4.78, 5) is 46.7. The summed E-state index contributed by atoms with van der Waals surface area (Å²) >= 11 is 16.0. The fourth-order valence-electron chi connectivity index (χ4n) is 5.72. The number of carbonyl (C=O) groups excluding carboxylic acids is 3. The average Bonchev–Trinajstić information content (AvgIpc) is 3.56. The van der Waals surface area contributed by atoms with Crippen molar-refractivity contribution in [2.45, 2.75) is 23.9 Å². The number of hydrogen-bond donors (Lipinski definition) is 1. The Kier molecular flexibility index (Phi) is 8.72. The Labute approximate surface area is 283 Å². The zero-order valence-electron chi connectivity index (χ0n) is 24.4. The number of rotatable bonds is 6. The van der Waals surface area contributed by atoms with E-state index in [2.05, 4.69) is 26.2 Å². The molecule has 2 aliphatic heterocycles. The zero-order valence-corrected chi connectivity index (χ0v) is 28.3. The van der Waals surface area contributed by atoms with Crippen LogP contribution in [0.15, 0.2) is 88.5 Å². The predicted octanol–water partition coefficient (Wildman–Crippen LogP) is 5.44. The molecule has 46 heavy (non-hydrogen) atoms. The number of imidazole rings is 1. The van der Waals surface area contributed by atoms with Crippen molar-refractivity contribution in [1.29, 1.82) is 0 Å². The molecule has 6 rings (SSSR count). The third-order valence-corrected chi connectivity index (χ3v) is 10.8. The molecule has 3 heterocycles. The third-order valence-electron chi connectivity index (χ3n) is 8.02. The van der Waals surface area contributed by atoms with Crippen LogP contribution in [0.25, 0.3) is 0 Å². The number of fused-ring (bicyclic) bond motifs is 1. The average molecular weight is 746 g/mol. The summed E-state index contributed by atoms with van der Waals surface area (Å²) in [7, 11) is -4.20. The van der Waals surface area contributed by atoms with Crippen LogP contribution in [-0.2, 0) is 26.8 Å². The molecule has 4 amide bonds. The molecule has 238 valence electrons. The number of benzene rings is 3. The molecule has 0 bridgehead atoms. The lowest BCUT2D eigenvalue weighted by atomic mass is 9.92. The number of halogens is 3. The minimum Gasteiger partial charge on any atom is -0.322 e. The van der Waals surface area contributed by atoms with E-state index >= 15 is 0 Å². The number of imide groups is 1. The van der Waals surface area contributed by atoms with Gasteiger partial charge in [0.15, 0.2) is 5.03 Å². The van der Waals surface area contributed by atoms with E-state index in [1.807, 2.05) is 24.3 Å². The number of amides is 4. The van der Waals surface area contributed by atoms with Crippen LogP contribution in [-0.4, -0.2) is 71.2 Å². The SMILES string of the molecule is CC1(Cc2ccc(Br)cc2)C(=O)N(c2cc(Cl)cc(Cl)c2)c2ncc(S(=O)(=O)N3CCN(C(=O)NC(=O)c4ccccc4)CC3)n21. The maximum Gasteiger partial charge on any atom is 0.324 e. The Morgan fingerprint density at radius 2 is 1.59 bits per heavy atom. The van der Waals surface area contributed by atoms with Crippen LogP contribution in [0.4, 0.5) is 16.4 Å². The number of aromatic nitrogens is 2. The van der Waals surface area contributed by atoms with E-state index in [0.29, 0.717) is 21.3 Å². The molecule has 0 spiro atoms. The molecule has 0 radical (unpaired) electrons. The second-order valence-electron chi connectivity index (χ2n) is 11.1. The van der Waals surface area contributed by atoms with Gasteiger partial charge in [-0.3, -0.25) is 19.5 Å². The van der Waals surface area contributed by atoms with Crippen molar-refractivity contribution in [1.82, 2.24) is 24.1 Å². The van der Waals surface area contributed by atoms with Gasteiger partial charge in [0.05, 0.1) is 11.9 Å². The van der Waals surface area contributed by atoms with Crippen LogP contribution in [0.2, 0.25) is 10.0 Å². The molecular weight excluding hydrogens is 719 g/mol. The van der Waals surface area contributed by atoms with E-state index in [4.69, 9.17) is 23.2 Å². The lowest BCUT2D eigenvalue weighted by Crippen LogP contribution is -2.54. The van der Waals surface area contributed by atoms with Gasteiger partial charge in [0.25, 0.3) is 21.8 Å². The van der Waals surface area contributed by atoms with E-state index in [1.165, 1.54) is 30.9 Å². The molecule has 11 nitrogen and oxygen atoms in total. The van der Waals surface area contributed by atoms with Gasteiger partial charge in [0, 0.05) is 52.7 Å². The van der Waals surface area contributed by atoms with Gasteiger partial charge in [-0.1, -0.05) is 69.5 Å². The largest absolute Gasteiger partial charge is 0.324 e. The molecule has 1 fully saturated rings. The molecule has 3 aromatic carbocycles. The number of sulfonamides is 1. The molecule has 4 aromatic rings. The van der Waals surface area contributed by atoms with Gasteiger partial charge in [-0.05, 0) is 55.0 Å². The maximum atomic E-state index is 14.3. The van der Waals surface area contributed by atoms with Gasteiger partial charge in [0.2, 0.25) is 5.95 Å². The van der Waals surface area contributed by atoms with Crippen LogP contribution in [0.1, 0.15) is 22.8 Å². The summed E-state index contributed by atoms with van der Waals surface area (Å²) in [5, 5.41) is 2.79. The first-order valence-electron chi connectivity index (χ1n) is 14.2. The Morgan fingerprint density at radius 1 is 0.957 bits per heavy atom. The minimum atomic E-state index is -4.20. The molecule has 1 saturated heterocycles. The highest BCUT2D eigenvalue weighted by Gasteiger charge is 2.52. The highest BCUT2D eigenvalue weighted by Crippen LogP contribution is 2.45. The summed E-state index contributed by atoms with van der Waals surface area (Å²) in [6.45, 7) is 1.73. The Bertz CT molecular complexity index is 1930. The zero-order chi connectivity index (χ0) is 32.8. The summed E-state index contributed by atoms with van der Waals surface area (Å²) in [6.07, 6.45) is 1.41. The maximum absolute atomic E-state index is 14.3. The minimum absolute atomic E-state index is 0.0270. The molecular formula is C31H27BrCl2N6O5S. The van der Waals surface area contributed by atoms with Gasteiger partial charge in [-0.2, -0.15) is 4.31 Å². The molecule has 0 saturated carbocycles. The smallest absolute Gasteiger partial charge is 0.322 e. The fourth-order valence-corrected chi connectivity index (χ4v) is 8.10. The van der Waals surface area contributed by atoms with Gasteiger partial charge in [-0.15, -0.1) is 0 Å². The number of nitrogens with one attached hydrogen (secondary N) is 1. The van der Waals surface area contributed by atoms with Crippen molar-refractivity contribution in [2.24, 2.45) is 0 Å². The van der Waals surface area contributed by atoms with Crippen molar-refractivity contribution in [2.75, 3.05) is 31.1 Å². The van der Waals surface area contributed by atoms with Crippen molar-refractivity contribution in [3.8, 4) is 0 Å². The van der Waals surface area contributed by atoms with E-state index in [9.17, 15) is 22.8 Å². The second kappa shape index (κ2) is 12.5. The van der Waals surface area contributed by atoms with Crippen LogP contribution in [0.5, 0.6) is 0 Å². The lowest BCUT2D eigenvalue weighted by molar-refractivity contribution is -0.124. The van der Waals surface area contributed by atoms with E-state index in [1.54, 1.807) is 49.4 Å². The molecule has 1 unspecified atom stereocenters. The first-order chi connectivity index (χ1) is 21.9. The molecule has 2 aliphatic rings. The van der Waals surface area contributed by atoms with Crippen LogP contribution < -0.4 is 10.2 Å². The van der Waals surface area contributed by atoms with Crippen LogP contribution in [0.3, 0.4) is 0 Å². The summed E-state index contributed by atoms with van der Waals surface area (Å²) in [5.41, 5.74) is 0.0952. The molecule has 0 aliphatic carbocycles. The topological polar surface area (TPSA) is 125 Å². The Balaban J connectivity index is 1.30. The number of nitrogens with zero attached hydrogens (tertiary/aromatic N) is 5. The highest BCUT2D eigenvalue weighted by atomic mass is 79.9. The Hall–Kier alpha value is -3.75. The van der Waals surface area contributed by atoms with Crippen LogP contribution >= 0.6 is 39.1 Å². The standard InChI is InChI=1S/C31H27BrCl2N6O5S/c1-31(18-20-7-9-22(32)10-8-20)28(42)39(25-16-23(33)15-24(34)17-25)29-35-19-26(40(29)31)46(44,45)38-13-11-37(12-14-38)30(43)36-27(41)21-5-3-2-4-6-21/h2-10,15-17,19H,11-14,18H2,1H3,(H,36,41,43). The van der Waals surface area contributed by atoms with Crippen molar-refractivity contribution in [3.63, 3.8) is 0 Å². The van der Waals surface area contributed by atoms with Gasteiger partial charge < -0.3 is 4.90 Å². The number of carbonyl (C=O) groups is 3. The number of anilines is 2. The van der Waals surface area contributed by atoms with Crippen LogP contribution in [0, 0.1) is 0 Å². The van der Waals surface area contributed by atoms with E-state index in [0.717, 1.165) is 10.0 Å². The molecule has 1 atom stereocenters. The normalized spacial score (nSPS) is 18.5. The molecule has 1 N–H and O–H groups in total. The quantitative estimate of drug-likeness (QED) is 0.280. The third kappa shape index (κ3) is 5.93. The monoisotopic (exact) mass is 744 g/mol. The summed E-state index contributed by atoms with van der Waals surface area (Å²) in [5.74, 6) is -0.840. The van der Waals surface area contributed by atoms with Gasteiger partial charge in [-0.25, -0.2) is 23.1 Å². The lowest BCUT2D eigenvalue weighted by Gasteiger charge is -2.34. The molecule has 15 heteroatoms. The van der Waals surface area contributed by atoms with Crippen molar-refractivity contribution >= 4 is 78.6 Å². The number of urea groups is 1. The van der Waals surface area contributed by atoms with Crippen molar-refractivity contribution in [3.05, 3.63) is 105 Å². The summed E-state index contributed by atoms with van der Waals surface area (Å²) < 4.78 is 32.0. The van der Waals surface area contributed by atoms with Gasteiger partial charge in [0.1, 0.15) is 5.54 Å². The van der Waals surface area contributed by atoms with Gasteiger partial charge >= 0.3 is 6.03 Å². The number of piperazine rings is 1. The molecule has 1 aromatic heterocycles. The first kappa shape index (κ1) is 32.2. The number of hydrogen-bond acceptors (Lipinski definition) is 6. The van der Waals surface area contributed by atoms with E-state index in [-0.39, 0.29) is 43.6 Å². The Morgan fingerprint density at radius 3 is 2.22 bits per heavy atom. The first-order valence-corrected chi connectivity index (χ1v) is 17.2. The predicted molar refractivity (Wildman–Crippen MR) is 177 cm³/mol. The van der Waals surface area contributed by atoms with Crippen molar-refractivity contribution < 1.29 is 22.8 Å². The highest BCUT2D eigenvalue weighted by molar-refractivity contribution is 9.10. The second-order valence-corrected chi connectivity index (χ2v) is 14.8.